The molecule has 0 unspecified atom stereocenters. The van der Waals surface area contributed by atoms with Gasteiger partial charge in [0.15, 0.2) is 0 Å². The van der Waals surface area contributed by atoms with E-state index in [1.807, 2.05) is 0 Å². The number of rotatable bonds is 6. The second-order valence-corrected chi connectivity index (χ2v) is 15.6. The highest BCUT2D eigenvalue weighted by molar-refractivity contribution is 9.09. The van der Waals surface area contributed by atoms with E-state index in [-0.39, 0.29) is 27.5 Å². The van der Waals surface area contributed by atoms with Gasteiger partial charge in [-0.05, 0) is 34.7 Å². The second kappa shape index (κ2) is 11.5. The molecule has 0 aromatic heterocycles. The van der Waals surface area contributed by atoms with E-state index in [4.69, 9.17) is 20.8 Å². The number of ether oxygens (including phenoxy) is 1. The Balaban J connectivity index is 2.00. The summed E-state index contributed by atoms with van der Waals surface area (Å²) in [6.07, 6.45) is 6.99. The zero-order valence-electron chi connectivity index (χ0n) is 19.6. The van der Waals surface area contributed by atoms with Gasteiger partial charge in [0.2, 0.25) is 0 Å². The number of benzene rings is 2. The fourth-order valence-corrected chi connectivity index (χ4v) is 10.1. The Bertz CT molecular complexity index is 813. The molecule has 0 saturated carbocycles. The van der Waals surface area contributed by atoms with Crippen molar-refractivity contribution in [3.8, 4) is 0 Å². The molecule has 1 aliphatic rings. The van der Waals surface area contributed by atoms with Gasteiger partial charge in [-0.25, -0.2) is 0 Å². The fraction of sp³-hybridized carbons (Fsp3) is 0.481. The van der Waals surface area contributed by atoms with Gasteiger partial charge in [-0.2, -0.15) is 0 Å². The van der Waals surface area contributed by atoms with Crippen molar-refractivity contribution in [2.45, 2.75) is 74.4 Å². The summed E-state index contributed by atoms with van der Waals surface area (Å²) in [6, 6.07) is 21.5. The van der Waals surface area contributed by atoms with Gasteiger partial charge >= 0.3 is 0 Å². The molecule has 174 valence electrons. The molecule has 0 aliphatic carbocycles. The van der Waals surface area contributed by atoms with Gasteiger partial charge in [0.25, 0.3) is 8.32 Å². The van der Waals surface area contributed by atoms with Gasteiger partial charge in [0.1, 0.15) is 0 Å². The molecule has 2 aromatic carbocycles. The van der Waals surface area contributed by atoms with E-state index in [9.17, 15) is 0 Å². The Kier molecular flexibility index (Phi) is 9.22. The van der Waals surface area contributed by atoms with Crippen LogP contribution in [0.5, 0.6) is 0 Å². The predicted octanol–water partition coefficient (Wildman–Crippen LogP) is 6.45. The van der Waals surface area contributed by atoms with Gasteiger partial charge in [-0.15, -0.1) is 11.6 Å². The molecule has 5 heteroatoms. The van der Waals surface area contributed by atoms with Gasteiger partial charge in [0, 0.05) is 4.83 Å². The minimum atomic E-state index is -2.62. The zero-order chi connectivity index (χ0) is 23.2. The van der Waals surface area contributed by atoms with Crippen molar-refractivity contribution in [3.05, 3.63) is 72.8 Å². The number of hydrogen-bond acceptors (Lipinski definition) is 2. The SMILES string of the molecule is CC[C@H]1O[C@H](CO[Si](c2ccccc2)(c2ccccc2)C(C)(C)C)[C@H](Cl)C/C=C\C[C@H]1Br. The topological polar surface area (TPSA) is 18.5 Å². The van der Waals surface area contributed by atoms with E-state index in [1.165, 1.54) is 10.4 Å². The summed E-state index contributed by atoms with van der Waals surface area (Å²) in [5.41, 5.74) is 0. The van der Waals surface area contributed by atoms with Crippen LogP contribution >= 0.6 is 27.5 Å². The van der Waals surface area contributed by atoms with Crippen LogP contribution < -0.4 is 10.4 Å². The smallest absolute Gasteiger partial charge is 0.261 e. The van der Waals surface area contributed by atoms with E-state index >= 15 is 0 Å². The molecule has 1 aliphatic heterocycles. The number of hydrogen-bond donors (Lipinski definition) is 0. The maximum atomic E-state index is 7.13. The summed E-state index contributed by atoms with van der Waals surface area (Å²) >= 11 is 10.7. The normalized spacial score (nSPS) is 26.1. The fourth-order valence-electron chi connectivity index (χ4n) is 4.62. The quantitative estimate of drug-likeness (QED) is 0.240. The summed E-state index contributed by atoms with van der Waals surface area (Å²) in [6.45, 7) is 9.55. The maximum absolute atomic E-state index is 7.13. The summed E-state index contributed by atoms with van der Waals surface area (Å²) in [4.78, 5) is 0.279. The van der Waals surface area contributed by atoms with Gasteiger partial charge in [-0.1, -0.05) is 116 Å². The first-order valence-electron chi connectivity index (χ1n) is 11.6. The lowest BCUT2D eigenvalue weighted by Crippen LogP contribution is -2.67. The lowest BCUT2D eigenvalue weighted by Gasteiger charge is -2.44. The van der Waals surface area contributed by atoms with E-state index < -0.39 is 8.32 Å². The minimum Gasteiger partial charge on any atom is -0.405 e. The molecule has 0 N–H and O–H groups in total. The van der Waals surface area contributed by atoms with Crippen LogP contribution in [0.3, 0.4) is 0 Å². The maximum Gasteiger partial charge on any atom is 0.261 e. The predicted molar refractivity (Wildman–Crippen MR) is 143 cm³/mol. The van der Waals surface area contributed by atoms with Crippen LogP contribution in [0.4, 0.5) is 0 Å². The van der Waals surface area contributed by atoms with Gasteiger partial charge < -0.3 is 9.16 Å². The molecule has 2 nitrogen and oxygen atoms in total. The summed E-state index contributed by atoms with van der Waals surface area (Å²) in [7, 11) is -2.62. The second-order valence-electron chi connectivity index (χ2n) is 9.57. The molecule has 0 spiro atoms. The van der Waals surface area contributed by atoms with Crippen LogP contribution in [0, 0.1) is 0 Å². The number of allylic oxidation sites excluding steroid dienone is 2. The molecular formula is C27H36BrClO2Si. The largest absolute Gasteiger partial charge is 0.405 e. The summed E-state index contributed by atoms with van der Waals surface area (Å²) in [5, 5.41) is 2.35. The van der Waals surface area contributed by atoms with Crippen molar-refractivity contribution in [1.82, 2.24) is 0 Å². The Morgan fingerprint density at radius 2 is 1.47 bits per heavy atom. The zero-order valence-corrected chi connectivity index (χ0v) is 23.0. The first kappa shape index (κ1) is 25.7. The van der Waals surface area contributed by atoms with Crippen molar-refractivity contribution in [2.75, 3.05) is 6.61 Å². The molecular weight excluding hydrogens is 500 g/mol. The summed E-state index contributed by atoms with van der Waals surface area (Å²) < 4.78 is 13.7. The highest BCUT2D eigenvalue weighted by Crippen LogP contribution is 2.37. The summed E-state index contributed by atoms with van der Waals surface area (Å²) in [5.74, 6) is 0. The Morgan fingerprint density at radius 3 is 1.97 bits per heavy atom. The molecule has 0 fully saturated rings. The lowest BCUT2D eigenvalue weighted by atomic mass is 10.1. The first-order valence-corrected chi connectivity index (χ1v) is 14.9. The van der Waals surface area contributed by atoms with E-state index in [2.05, 4.69) is 116 Å². The van der Waals surface area contributed by atoms with E-state index in [0.717, 1.165) is 19.3 Å². The third-order valence-electron chi connectivity index (χ3n) is 6.33. The average molecular weight is 536 g/mol. The Morgan fingerprint density at radius 1 is 0.938 bits per heavy atom. The standard InChI is InChI=1S/C27H36BrClO2Si/c1-5-25-23(28)18-12-13-19-24(29)26(31-25)20-30-32(27(2,3)4,21-14-8-6-9-15-21)22-16-10-7-11-17-22/h6-17,23-26H,5,18-20H2,1-4H3/b13-12-/t23-,24-,25-,26-/m1/s1. The van der Waals surface area contributed by atoms with Crippen LogP contribution in [0.25, 0.3) is 0 Å². The van der Waals surface area contributed by atoms with Crippen LogP contribution in [0.2, 0.25) is 5.04 Å². The molecule has 0 radical (unpaired) electrons. The lowest BCUT2D eigenvalue weighted by molar-refractivity contribution is -0.0370. The molecule has 0 saturated heterocycles. The molecule has 2 aromatic rings. The number of halogens is 2. The first-order chi connectivity index (χ1) is 15.3. The van der Waals surface area contributed by atoms with Crippen LogP contribution in [0.1, 0.15) is 47.0 Å². The molecule has 1 heterocycles. The number of alkyl halides is 2. The van der Waals surface area contributed by atoms with Crippen LogP contribution in [-0.4, -0.2) is 37.3 Å². The third-order valence-corrected chi connectivity index (χ3v) is 12.8. The highest BCUT2D eigenvalue weighted by atomic mass is 79.9. The Labute approximate surface area is 208 Å². The van der Waals surface area contributed by atoms with Crippen LogP contribution in [0.15, 0.2) is 72.8 Å². The van der Waals surface area contributed by atoms with Crippen molar-refractivity contribution < 1.29 is 9.16 Å². The van der Waals surface area contributed by atoms with Gasteiger partial charge in [-0.3, -0.25) is 0 Å². The van der Waals surface area contributed by atoms with Gasteiger partial charge in [0.05, 0.1) is 24.2 Å². The molecule has 3 rings (SSSR count). The van der Waals surface area contributed by atoms with Crippen molar-refractivity contribution in [1.29, 1.82) is 0 Å². The van der Waals surface area contributed by atoms with E-state index in [1.54, 1.807) is 0 Å². The van der Waals surface area contributed by atoms with Crippen molar-refractivity contribution >= 4 is 46.2 Å². The average Bonchev–Trinajstić information content (AvgIpc) is 2.85. The molecule has 4 atom stereocenters. The molecule has 0 amide bonds. The third kappa shape index (κ3) is 5.77. The molecule has 0 bridgehead atoms. The van der Waals surface area contributed by atoms with Crippen molar-refractivity contribution in [2.24, 2.45) is 0 Å². The minimum absolute atomic E-state index is 0.0714. The molecule has 32 heavy (non-hydrogen) atoms. The van der Waals surface area contributed by atoms with E-state index in [0.29, 0.717) is 6.61 Å². The highest BCUT2D eigenvalue weighted by Gasteiger charge is 2.50. The monoisotopic (exact) mass is 534 g/mol. The van der Waals surface area contributed by atoms with Crippen LogP contribution in [-0.2, 0) is 9.16 Å². The van der Waals surface area contributed by atoms with Crippen molar-refractivity contribution in [3.63, 3.8) is 0 Å². The Hall–Kier alpha value is -0.913.